The zero-order chi connectivity index (χ0) is 19.9. The Bertz CT molecular complexity index is 916. The minimum absolute atomic E-state index is 0.125. The minimum atomic E-state index is -3.21. The first-order valence-electron chi connectivity index (χ1n) is 8.57. The summed E-state index contributed by atoms with van der Waals surface area (Å²) in [6.45, 7) is 7.79. The van der Waals surface area contributed by atoms with Gasteiger partial charge in [0, 0.05) is 24.1 Å². The lowest BCUT2D eigenvalue weighted by molar-refractivity contribution is 0.00578. The van der Waals surface area contributed by atoms with Crippen LogP contribution in [0.2, 0.25) is 0 Å². The Morgan fingerprint density at radius 3 is 2.37 bits per heavy atom. The number of rotatable bonds is 5. The molecule has 2 aromatic rings. The lowest BCUT2D eigenvalue weighted by Gasteiger charge is -2.32. The third-order valence-electron chi connectivity index (χ3n) is 4.72. The van der Waals surface area contributed by atoms with Gasteiger partial charge in [-0.1, -0.05) is 6.07 Å². The van der Waals surface area contributed by atoms with Gasteiger partial charge in [0.15, 0.2) is 9.84 Å². The summed E-state index contributed by atoms with van der Waals surface area (Å²) in [6, 6.07) is 5.22. The summed E-state index contributed by atoms with van der Waals surface area (Å²) in [5, 5.41) is 0. The topological polar surface area (TPSA) is 87.6 Å². The van der Waals surface area contributed by atoms with E-state index in [9.17, 15) is 8.42 Å². The third-order valence-corrected chi connectivity index (χ3v) is 5.58. The molecule has 0 amide bonds. The Balaban J connectivity index is 2.01. The van der Waals surface area contributed by atoms with Crippen molar-refractivity contribution in [3.63, 3.8) is 0 Å². The molecule has 0 spiro atoms. The molecule has 0 atom stereocenters. The molecule has 1 saturated heterocycles. The standard InChI is InChI=1S/C18H23BN2O5S/c1-17(2)18(3,4)26-19(25-17)15-9-13(12-27(5,22)23)10-21-16(15)24-14-7-6-8-20-11-14/h6-11H,12H2,1-5H3. The van der Waals surface area contributed by atoms with Crippen molar-refractivity contribution in [3.05, 3.63) is 42.4 Å². The molecule has 3 rings (SSSR count). The molecule has 3 heterocycles. The summed E-state index contributed by atoms with van der Waals surface area (Å²) in [6.07, 6.45) is 5.88. The highest BCUT2D eigenvalue weighted by atomic mass is 32.2. The van der Waals surface area contributed by atoms with E-state index in [4.69, 9.17) is 14.0 Å². The number of pyridine rings is 2. The van der Waals surface area contributed by atoms with E-state index in [2.05, 4.69) is 9.97 Å². The van der Waals surface area contributed by atoms with Crippen molar-refractivity contribution in [2.75, 3.05) is 6.26 Å². The maximum atomic E-state index is 11.7. The maximum absolute atomic E-state index is 11.7. The van der Waals surface area contributed by atoms with Crippen LogP contribution in [0.3, 0.4) is 0 Å². The van der Waals surface area contributed by atoms with Gasteiger partial charge in [0.2, 0.25) is 5.88 Å². The van der Waals surface area contributed by atoms with E-state index < -0.39 is 28.2 Å². The first-order valence-corrected chi connectivity index (χ1v) is 10.6. The van der Waals surface area contributed by atoms with E-state index in [0.29, 0.717) is 22.7 Å². The van der Waals surface area contributed by atoms with Crippen LogP contribution in [-0.2, 0) is 24.9 Å². The summed E-state index contributed by atoms with van der Waals surface area (Å²) >= 11 is 0. The van der Waals surface area contributed by atoms with Crippen LogP contribution < -0.4 is 10.2 Å². The zero-order valence-corrected chi connectivity index (χ0v) is 16.9. The van der Waals surface area contributed by atoms with Crippen LogP contribution in [-0.4, -0.2) is 43.0 Å². The fourth-order valence-electron chi connectivity index (χ4n) is 2.64. The van der Waals surface area contributed by atoms with Crippen LogP contribution in [0.4, 0.5) is 0 Å². The lowest BCUT2D eigenvalue weighted by Crippen LogP contribution is -2.41. The molecular formula is C18H23BN2O5S. The smallest absolute Gasteiger partial charge is 0.438 e. The molecule has 7 nitrogen and oxygen atoms in total. The predicted molar refractivity (Wildman–Crippen MR) is 103 cm³/mol. The summed E-state index contributed by atoms with van der Waals surface area (Å²) in [7, 11) is -3.94. The molecule has 1 fully saturated rings. The lowest BCUT2D eigenvalue weighted by atomic mass is 9.79. The van der Waals surface area contributed by atoms with Crippen molar-refractivity contribution >= 4 is 22.4 Å². The Morgan fingerprint density at radius 2 is 1.81 bits per heavy atom. The van der Waals surface area contributed by atoms with E-state index in [0.717, 1.165) is 0 Å². The molecule has 0 saturated carbocycles. The monoisotopic (exact) mass is 390 g/mol. The number of ether oxygens (including phenoxy) is 1. The highest BCUT2D eigenvalue weighted by Crippen LogP contribution is 2.37. The van der Waals surface area contributed by atoms with Gasteiger partial charge >= 0.3 is 7.12 Å². The van der Waals surface area contributed by atoms with Crippen LogP contribution in [0.5, 0.6) is 11.6 Å². The van der Waals surface area contributed by atoms with Crippen LogP contribution in [0.15, 0.2) is 36.8 Å². The molecule has 144 valence electrons. The van der Waals surface area contributed by atoms with Gasteiger partial charge in [-0.3, -0.25) is 4.98 Å². The highest BCUT2D eigenvalue weighted by Gasteiger charge is 2.52. The average molecular weight is 390 g/mol. The van der Waals surface area contributed by atoms with Gasteiger partial charge in [-0.2, -0.15) is 0 Å². The molecule has 0 aromatic carbocycles. The third kappa shape index (κ3) is 4.48. The fourth-order valence-corrected chi connectivity index (χ4v) is 3.40. The van der Waals surface area contributed by atoms with E-state index in [1.807, 2.05) is 27.7 Å². The zero-order valence-electron chi connectivity index (χ0n) is 16.1. The number of nitrogens with zero attached hydrogens (tertiary/aromatic N) is 2. The number of hydrogen-bond acceptors (Lipinski definition) is 7. The van der Waals surface area contributed by atoms with Gasteiger partial charge in [0.05, 0.1) is 23.2 Å². The molecule has 0 bridgehead atoms. The second-order valence-electron chi connectivity index (χ2n) is 7.69. The van der Waals surface area contributed by atoms with Gasteiger partial charge in [-0.05, 0) is 45.4 Å². The van der Waals surface area contributed by atoms with Crippen molar-refractivity contribution in [2.45, 2.75) is 44.6 Å². The van der Waals surface area contributed by atoms with Crippen molar-refractivity contribution < 1.29 is 22.5 Å². The molecule has 27 heavy (non-hydrogen) atoms. The first kappa shape index (κ1) is 19.8. The summed E-state index contributed by atoms with van der Waals surface area (Å²) in [4.78, 5) is 8.35. The second-order valence-corrected chi connectivity index (χ2v) is 9.83. The average Bonchev–Trinajstić information content (AvgIpc) is 2.76. The molecule has 1 aliphatic heterocycles. The van der Waals surface area contributed by atoms with Crippen molar-refractivity contribution in [1.82, 2.24) is 9.97 Å². The minimum Gasteiger partial charge on any atom is -0.438 e. The number of aromatic nitrogens is 2. The predicted octanol–water partition coefficient (Wildman–Crippen LogP) is 2.11. The molecule has 0 unspecified atom stereocenters. The van der Waals surface area contributed by atoms with Crippen molar-refractivity contribution in [1.29, 1.82) is 0 Å². The Labute approximate surface area is 160 Å². The van der Waals surface area contributed by atoms with Crippen molar-refractivity contribution in [2.24, 2.45) is 0 Å². The highest BCUT2D eigenvalue weighted by molar-refractivity contribution is 7.89. The Kier molecular flexibility index (Phi) is 5.05. The SMILES string of the molecule is CC1(C)OB(c2cc(CS(C)(=O)=O)cnc2Oc2cccnc2)OC1(C)C. The van der Waals surface area contributed by atoms with E-state index >= 15 is 0 Å². The molecular weight excluding hydrogens is 367 g/mol. The van der Waals surface area contributed by atoms with Crippen LogP contribution in [0, 0.1) is 0 Å². The molecule has 0 aliphatic carbocycles. The van der Waals surface area contributed by atoms with Crippen LogP contribution >= 0.6 is 0 Å². The fraction of sp³-hybridized carbons (Fsp3) is 0.444. The van der Waals surface area contributed by atoms with E-state index in [-0.39, 0.29) is 5.75 Å². The number of sulfone groups is 1. The Morgan fingerprint density at radius 1 is 1.15 bits per heavy atom. The van der Waals surface area contributed by atoms with Gasteiger partial charge in [-0.25, -0.2) is 13.4 Å². The molecule has 9 heteroatoms. The van der Waals surface area contributed by atoms with Gasteiger partial charge in [0.1, 0.15) is 5.75 Å². The Hall–Kier alpha value is -1.97. The normalized spacial score (nSPS) is 18.5. The maximum Gasteiger partial charge on any atom is 0.500 e. The largest absolute Gasteiger partial charge is 0.500 e. The second kappa shape index (κ2) is 6.89. The van der Waals surface area contributed by atoms with Gasteiger partial charge in [0.25, 0.3) is 0 Å². The summed E-state index contributed by atoms with van der Waals surface area (Å²) in [5.41, 5.74) is -0.00834. The molecule has 2 aromatic heterocycles. The van der Waals surface area contributed by atoms with E-state index in [1.165, 1.54) is 12.5 Å². The van der Waals surface area contributed by atoms with E-state index in [1.54, 1.807) is 30.6 Å². The summed E-state index contributed by atoms with van der Waals surface area (Å²) in [5.74, 6) is 0.678. The molecule has 0 N–H and O–H groups in total. The summed E-state index contributed by atoms with van der Waals surface area (Å²) < 4.78 is 41.4. The molecule has 0 radical (unpaired) electrons. The van der Waals surface area contributed by atoms with Gasteiger partial charge in [-0.15, -0.1) is 0 Å². The quantitative estimate of drug-likeness (QED) is 0.723. The number of hydrogen-bond donors (Lipinski definition) is 0. The van der Waals surface area contributed by atoms with Crippen LogP contribution in [0.1, 0.15) is 33.3 Å². The molecule has 1 aliphatic rings. The first-order chi connectivity index (χ1) is 12.5. The van der Waals surface area contributed by atoms with Crippen molar-refractivity contribution in [3.8, 4) is 11.6 Å². The van der Waals surface area contributed by atoms with Crippen LogP contribution in [0.25, 0.3) is 0 Å². The van der Waals surface area contributed by atoms with Gasteiger partial charge < -0.3 is 14.0 Å².